The Kier molecular flexibility index (Phi) is 4.68. The van der Waals surface area contributed by atoms with E-state index >= 15 is 0 Å². The van der Waals surface area contributed by atoms with Gasteiger partial charge in [0, 0.05) is 11.7 Å². The van der Waals surface area contributed by atoms with Crippen molar-refractivity contribution in [1.29, 1.82) is 0 Å². The number of aromatic nitrogens is 5. The van der Waals surface area contributed by atoms with Crippen LogP contribution in [-0.4, -0.2) is 30.5 Å². The highest BCUT2D eigenvalue weighted by Gasteiger charge is 2.15. The number of aromatic amines is 1. The van der Waals surface area contributed by atoms with E-state index < -0.39 is 0 Å². The van der Waals surface area contributed by atoms with Gasteiger partial charge in [0.1, 0.15) is 12.0 Å². The van der Waals surface area contributed by atoms with Gasteiger partial charge in [-0.3, -0.25) is 4.79 Å². The highest BCUT2D eigenvalue weighted by atomic mass is 32.1. The van der Waals surface area contributed by atoms with Crippen molar-refractivity contribution in [2.75, 3.05) is 0 Å². The van der Waals surface area contributed by atoms with Crippen LogP contribution in [-0.2, 0) is 6.42 Å². The molecule has 0 saturated heterocycles. The van der Waals surface area contributed by atoms with Crippen molar-refractivity contribution in [3.8, 4) is 22.1 Å². The number of ketones is 1. The number of rotatable bonds is 6. The van der Waals surface area contributed by atoms with E-state index in [-0.39, 0.29) is 18.2 Å². The first-order valence-electron chi connectivity index (χ1n) is 8.73. The van der Waals surface area contributed by atoms with Crippen LogP contribution in [0.1, 0.15) is 36.1 Å². The van der Waals surface area contributed by atoms with Gasteiger partial charge in [0.2, 0.25) is 0 Å². The minimum Gasteiger partial charge on any atom is -0.351 e. The number of thiophene rings is 1. The minimum absolute atomic E-state index is 0.00721. The first kappa shape index (κ1) is 17.4. The zero-order valence-electron chi connectivity index (χ0n) is 15.1. The lowest BCUT2D eigenvalue weighted by Gasteiger charge is -2.10. The molecule has 0 atom stereocenters. The first-order valence-corrected chi connectivity index (χ1v) is 9.61. The lowest BCUT2D eigenvalue weighted by molar-refractivity contribution is 0.0988. The number of hydrogen-bond donors (Lipinski definition) is 1. The van der Waals surface area contributed by atoms with Crippen molar-refractivity contribution < 1.29 is 4.79 Å². The monoisotopic (exact) mass is 377 g/mol. The summed E-state index contributed by atoms with van der Waals surface area (Å²) in [4.78, 5) is 21.6. The fourth-order valence-corrected chi connectivity index (χ4v) is 3.61. The van der Waals surface area contributed by atoms with E-state index in [9.17, 15) is 4.79 Å². The fraction of sp³-hybridized carbons (Fsp3) is 0.200. The Morgan fingerprint density at radius 1 is 1.19 bits per heavy atom. The smallest absolute Gasteiger partial charge is 0.184 e. The van der Waals surface area contributed by atoms with E-state index in [1.165, 1.54) is 0 Å². The van der Waals surface area contributed by atoms with Crippen LogP contribution in [0.3, 0.4) is 0 Å². The standard InChI is InChI=1S/C20H19N5OS/c1-13(2)25-12-21-24-20(25)17-6-3-5-14(22-17)11-18(26)15-8-9-16(23-15)19-7-4-10-27-19/h3-10,12-13,23H,11H2,1-2H3. The molecular weight excluding hydrogens is 358 g/mol. The Bertz CT molecular complexity index is 1060. The van der Waals surface area contributed by atoms with Gasteiger partial charge in [-0.05, 0) is 49.6 Å². The molecule has 4 aromatic heterocycles. The predicted octanol–water partition coefficient (Wildman–Crippen LogP) is 4.40. The van der Waals surface area contributed by atoms with Gasteiger partial charge in [-0.2, -0.15) is 0 Å². The number of nitrogens with zero attached hydrogens (tertiary/aromatic N) is 4. The fourth-order valence-electron chi connectivity index (χ4n) is 2.90. The van der Waals surface area contributed by atoms with Gasteiger partial charge < -0.3 is 9.55 Å². The van der Waals surface area contributed by atoms with Gasteiger partial charge in [0.05, 0.1) is 22.7 Å². The van der Waals surface area contributed by atoms with E-state index in [1.54, 1.807) is 17.7 Å². The number of Topliss-reactive ketones (excluding diaryl/α,β-unsaturated/α-hetero) is 1. The normalized spacial score (nSPS) is 11.2. The van der Waals surface area contributed by atoms with Crippen LogP contribution in [0.25, 0.3) is 22.1 Å². The van der Waals surface area contributed by atoms with Crippen molar-refractivity contribution >= 4 is 17.1 Å². The van der Waals surface area contributed by atoms with Gasteiger partial charge in [0.15, 0.2) is 11.6 Å². The third kappa shape index (κ3) is 3.59. The molecule has 0 aliphatic heterocycles. The van der Waals surface area contributed by atoms with E-state index in [0.717, 1.165) is 16.3 Å². The summed E-state index contributed by atoms with van der Waals surface area (Å²) in [7, 11) is 0. The molecule has 4 rings (SSSR count). The number of H-pyrrole nitrogens is 1. The Balaban J connectivity index is 1.55. The molecule has 0 spiro atoms. The molecule has 0 aromatic carbocycles. The molecule has 4 aromatic rings. The maximum atomic E-state index is 12.7. The zero-order valence-corrected chi connectivity index (χ0v) is 15.9. The molecule has 0 saturated carbocycles. The van der Waals surface area contributed by atoms with Crippen molar-refractivity contribution in [3.05, 3.63) is 65.6 Å². The number of nitrogens with one attached hydrogen (secondary N) is 1. The maximum Gasteiger partial charge on any atom is 0.184 e. The first-order chi connectivity index (χ1) is 13.1. The average molecular weight is 377 g/mol. The SMILES string of the molecule is CC(C)n1cnnc1-c1cccc(CC(=O)c2ccc(-c3cccs3)[nH]2)n1. The molecule has 1 N–H and O–H groups in total. The second-order valence-electron chi connectivity index (χ2n) is 6.53. The summed E-state index contributed by atoms with van der Waals surface area (Å²) in [6.45, 7) is 4.13. The summed E-state index contributed by atoms with van der Waals surface area (Å²) in [5.41, 5.74) is 2.98. The predicted molar refractivity (Wildman–Crippen MR) is 106 cm³/mol. The quantitative estimate of drug-likeness (QED) is 0.505. The Morgan fingerprint density at radius 3 is 2.85 bits per heavy atom. The summed E-state index contributed by atoms with van der Waals surface area (Å²) in [5, 5.41) is 10.2. The van der Waals surface area contributed by atoms with Crippen molar-refractivity contribution in [2.24, 2.45) is 0 Å². The van der Waals surface area contributed by atoms with Crippen LogP contribution in [0, 0.1) is 0 Å². The number of carbonyl (C=O) groups excluding carboxylic acids is 1. The van der Waals surface area contributed by atoms with Crippen molar-refractivity contribution in [1.82, 2.24) is 24.7 Å². The second kappa shape index (κ2) is 7.28. The molecule has 0 fully saturated rings. The van der Waals surface area contributed by atoms with E-state index in [1.807, 2.05) is 52.4 Å². The molecule has 136 valence electrons. The Labute approximate surface area is 160 Å². The summed E-state index contributed by atoms with van der Waals surface area (Å²) < 4.78 is 1.96. The summed E-state index contributed by atoms with van der Waals surface area (Å²) in [5.74, 6) is 0.715. The van der Waals surface area contributed by atoms with Gasteiger partial charge in [-0.25, -0.2) is 4.98 Å². The molecule has 7 heteroatoms. The number of hydrogen-bond acceptors (Lipinski definition) is 5. The second-order valence-corrected chi connectivity index (χ2v) is 7.48. The van der Waals surface area contributed by atoms with E-state index in [0.29, 0.717) is 17.2 Å². The highest BCUT2D eigenvalue weighted by molar-refractivity contribution is 7.13. The number of carbonyl (C=O) groups is 1. The van der Waals surface area contributed by atoms with Crippen LogP contribution in [0.2, 0.25) is 0 Å². The molecule has 0 aliphatic carbocycles. The summed E-state index contributed by atoms with van der Waals surface area (Å²) in [6, 6.07) is 13.7. The van der Waals surface area contributed by atoms with Crippen molar-refractivity contribution in [2.45, 2.75) is 26.3 Å². The van der Waals surface area contributed by atoms with Crippen LogP contribution in [0.5, 0.6) is 0 Å². The number of pyridine rings is 1. The topological polar surface area (TPSA) is 76.5 Å². The van der Waals surface area contributed by atoms with Gasteiger partial charge >= 0.3 is 0 Å². The van der Waals surface area contributed by atoms with Gasteiger partial charge in [0.25, 0.3) is 0 Å². The Morgan fingerprint density at radius 2 is 2.07 bits per heavy atom. The lowest BCUT2D eigenvalue weighted by Crippen LogP contribution is -2.07. The molecule has 0 unspecified atom stereocenters. The summed E-state index contributed by atoms with van der Waals surface area (Å²) in [6.07, 6.45) is 1.93. The van der Waals surface area contributed by atoms with Crippen LogP contribution in [0.15, 0.2) is 54.2 Å². The molecule has 4 heterocycles. The third-order valence-electron chi connectivity index (χ3n) is 4.28. The zero-order chi connectivity index (χ0) is 18.8. The summed E-state index contributed by atoms with van der Waals surface area (Å²) >= 11 is 1.64. The third-order valence-corrected chi connectivity index (χ3v) is 5.18. The molecule has 27 heavy (non-hydrogen) atoms. The van der Waals surface area contributed by atoms with Gasteiger partial charge in [-0.15, -0.1) is 21.5 Å². The molecule has 6 nitrogen and oxygen atoms in total. The molecule has 0 amide bonds. The average Bonchev–Trinajstić information content (AvgIpc) is 3.42. The maximum absolute atomic E-state index is 12.7. The Hall–Kier alpha value is -3.06. The minimum atomic E-state index is 0.00721. The molecular formula is C20H19N5OS. The van der Waals surface area contributed by atoms with Crippen molar-refractivity contribution in [3.63, 3.8) is 0 Å². The molecule has 0 bridgehead atoms. The van der Waals surface area contributed by atoms with E-state index in [2.05, 4.69) is 34.0 Å². The van der Waals surface area contributed by atoms with Crippen LogP contribution >= 0.6 is 11.3 Å². The van der Waals surface area contributed by atoms with Crippen LogP contribution < -0.4 is 0 Å². The highest BCUT2D eigenvalue weighted by Crippen LogP contribution is 2.24. The largest absolute Gasteiger partial charge is 0.351 e. The van der Waals surface area contributed by atoms with Gasteiger partial charge in [-0.1, -0.05) is 12.1 Å². The molecule has 0 aliphatic rings. The lowest BCUT2D eigenvalue weighted by atomic mass is 10.1. The van der Waals surface area contributed by atoms with E-state index in [4.69, 9.17) is 0 Å². The van der Waals surface area contributed by atoms with Crippen LogP contribution in [0.4, 0.5) is 0 Å². The molecule has 0 radical (unpaired) electrons.